The molecule has 22 heavy (non-hydrogen) atoms. The zero-order valence-electron chi connectivity index (χ0n) is 14.2. The predicted molar refractivity (Wildman–Crippen MR) is 93.3 cm³/mol. The van der Waals surface area contributed by atoms with Crippen LogP contribution in [-0.4, -0.2) is 11.9 Å². The van der Waals surface area contributed by atoms with Gasteiger partial charge in [-0.15, -0.1) is 0 Å². The van der Waals surface area contributed by atoms with E-state index in [1.807, 2.05) is 12.1 Å². The lowest BCUT2D eigenvalue weighted by Crippen LogP contribution is -2.35. The predicted octanol–water partition coefficient (Wildman–Crippen LogP) is 5.43. The van der Waals surface area contributed by atoms with E-state index < -0.39 is 0 Å². The summed E-state index contributed by atoms with van der Waals surface area (Å²) in [6.07, 6.45) is 11.5. The van der Waals surface area contributed by atoms with Gasteiger partial charge in [-0.1, -0.05) is 70.9 Å². The third kappa shape index (κ3) is 5.47. The topological polar surface area (TPSA) is 29.1 Å². The average molecular weight is 301 g/mol. The second-order valence-electron chi connectivity index (χ2n) is 7.00. The molecule has 1 amide bonds. The second kappa shape index (κ2) is 8.97. The summed E-state index contributed by atoms with van der Waals surface area (Å²) >= 11 is 0. The van der Waals surface area contributed by atoms with Crippen LogP contribution < -0.4 is 5.32 Å². The number of carbonyl (C=O) groups is 1. The number of hydrogen-bond acceptors (Lipinski definition) is 1. The van der Waals surface area contributed by atoms with E-state index in [9.17, 15) is 4.79 Å². The highest BCUT2D eigenvalue weighted by molar-refractivity contribution is 5.94. The molecular weight excluding hydrogens is 270 g/mol. The number of hydrogen-bond donors (Lipinski definition) is 1. The van der Waals surface area contributed by atoms with Gasteiger partial charge >= 0.3 is 0 Å². The van der Waals surface area contributed by atoms with Crippen LogP contribution in [0.15, 0.2) is 24.3 Å². The molecule has 1 aromatic carbocycles. The Kier molecular flexibility index (Phi) is 6.95. The van der Waals surface area contributed by atoms with E-state index in [0.717, 1.165) is 18.4 Å². The van der Waals surface area contributed by atoms with E-state index in [4.69, 9.17) is 0 Å². The summed E-state index contributed by atoms with van der Waals surface area (Å²) in [5.41, 5.74) is 2.08. The summed E-state index contributed by atoms with van der Waals surface area (Å²) < 4.78 is 0. The molecule has 0 bridgehead atoms. The zero-order chi connectivity index (χ0) is 15.8. The molecule has 0 saturated heterocycles. The summed E-state index contributed by atoms with van der Waals surface area (Å²) in [5, 5.41) is 3.26. The minimum atomic E-state index is 0.0948. The van der Waals surface area contributed by atoms with Crippen molar-refractivity contribution in [3.05, 3.63) is 35.4 Å². The minimum absolute atomic E-state index is 0.0948. The molecule has 1 aliphatic carbocycles. The van der Waals surface area contributed by atoms with Gasteiger partial charge in [0.2, 0.25) is 0 Å². The number of carbonyl (C=O) groups excluding carboxylic acids is 1. The number of rotatable bonds is 3. The van der Waals surface area contributed by atoms with Gasteiger partial charge in [0.25, 0.3) is 5.91 Å². The summed E-state index contributed by atoms with van der Waals surface area (Å²) in [7, 11) is 0. The van der Waals surface area contributed by atoms with E-state index in [1.54, 1.807) is 0 Å². The van der Waals surface area contributed by atoms with Crippen molar-refractivity contribution in [2.24, 2.45) is 0 Å². The summed E-state index contributed by atoms with van der Waals surface area (Å²) in [6, 6.07) is 8.44. The highest BCUT2D eigenvalue weighted by Gasteiger charge is 2.14. The Hall–Kier alpha value is -1.31. The molecule has 1 aromatic rings. The molecule has 0 unspecified atom stereocenters. The van der Waals surface area contributed by atoms with Crippen molar-refractivity contribution in [2.75, 3.05) is 0 Å². The Morgan fingerprint density at radius 2 is 1.41 bits per heavy atom. The van der Waals surface area contributed by atoms with Crippen molar-refractivity contribution in [2.45, 2.75) is 83.6 Å². The van der Waals surface area contributed by atoms with Gasteiger partial charge in [-0.05, 0) is 36.5 Å². The van der Waals surface area contributed by atoms with Crippen LogP contribution in [0.2, 0.25) is 0 Å². The van der Waals surface area contributed by atoms with Crippen LogP contribution in [0.4, 0.5) is 0 Å². The molecule has 0 radical (unpaired) electrons. The third-order valence-corrected chi connectivity index (χ3v) is 4.78. The summed E-state index contributed by atoms with van der Waals surface area (Å²) in [5.74, 6) is 0.604. The van der Waals surface area contributed by atoms with Crippen molar-refractivity contribution >= 4 is 5.91 Å². The molecule has 2 heteroatoms. The van der Waals surface area contributed by atoms with Gasteiger partial charge in [-0.25, -0.2) is 0 Å². The van der Waals surface area contributed by atoms with Crippen LogP contribution in [0.3, 0.4) is 0 Å². The van der Waals surface area contributed by atoms with Gasteiger partial charge in [0, 0.05) is 11.6 Å². The zero-order valence-corrected chi connectivity index (χ0v) is 14.2. The second-order valence-corrected chi connectivity index (χ2v) is 7.00. The molecule has 0 aromatic heterocycles. The standard InChI is InChI=1S/C20H31NO/c1-16(2)17-12-14-18(15-13-17)20(22)21-19-10-8-6-4-3-5-7-9-11-19/h12-16,19H,3-11H2,1-2H3,(H,21,22). The van der Waals surface area contributed by atoms with Crippen LogP contribution in [0.25, 0.3) is 0 Å². The molecule has 1 saturated carbocycles. The maximum absolute atomic E-state index is 12.4. The molecule has 0 heterocycles. The number of amides is 1. The van der Waals surface area contributed by atoms with Crippen LogP contribution in [0.5, 0.6) is 0 Å². The highest BCUT2D eigenvalue weighted by Crippen LogP contribution is 2.18. The van der Waals surface area contributed by atoms with Gasteiger partial charge in [0.15, 0.2) is 0 Å². The molecular formula is C20H31NO. The first-order valence-corrected chi connectivity index (χ1v) is 9.07. The molecule has 2 rings (SSSR count). The van der Waals surface area contributed by atoms with Gasteiger partial charge in [-0.3, -0.25) is 4.79 Å². The lowest BCUT2D eigenvalue weighted by molar-refractivity contribution is 0.0931. The number of nitrogens with one attached hydrogen (secondary N) is 1. The van der Waals surface area contributed by atoms with Gasteiger partial charge in [0.05, 0.1) is 0 Å². The molecule has 1 fully saturated rings. The maximum Gasteiger partial charge on any atom is 0.251 e. The first-order valence-electron chi connectivity index (χ1n) is 9.07. The largest absolute Gasteiger partial charge is 0.349 e. The quantitative estimate of drug-likeness (QED) is 0.792. The van der Waals surface area contributed by atoms with Crippen LogP contribution in [-0.2, 0) is 0 Å². The fourth-order valence-electron chi connectivity index (χ4n) is 3.24. The lowest BCUT2D eigenvalue weighted by atomic mass is 9.97. The minimum Gasteiger partial charge on any atom is -0.349 e. The Balaban J connectivity index is 1.90. The van der Waals surface area contributed by atoms with E-state index in [2.05, 4.69) is 31.3 Å². The van der Waals surface area contributed by atoms with Crippen LogP contribution in [0, 0.1) is 0 Å². The van der Waals surface area contributed by atoms with E-state index in [0.29, 0.717) is 12.0 Å². The van der Waals surface area contributed by atoms with Gasteiger partial charge in [0.1, 0.15) is 0 Å². The molecule has 0 atom stereocenters. The lowest BCUT2D eigenvalue weighted by Gasteiger charge is -2.20. The fraction of sp³-hybridized carbons (Fsp3) is 0.650. The van der Waals surface area contributed by atoms with Crippen molar-refractivity contribution in [1.29, 1.82) is 0 Å². The van der Waals surface area contributed by atoms with Gasteiger partial charge < -0.3 is 5.32 Å². The van der Waals surface area contributed by atoms with Crippen LogP contribution >= 0.6 is 0 Å². The molecule has 0 aliphatic heterocycles. The van der Waals surface area contributed by atoms with Crippen LogP contribution in [0.1, 0.15) is 93.5 Å². The molecule has 122 valence electrons. The van der Waals surface area contributed by atoms with Crippen molar-refractivity contribution in [3.8, 4) is 0 Å². The third-order valence-electron chi connectivity index (χ3n) is 4.78. The SMILES string of the molecule is CC(C)c1ccc(C(=O)NC2CCCCCCCCC2)cc1. The summed E-state index contributed by atoms with van der Waals surface area (Å²) in [6.45, 7) is 4.35. The average Bonchev–Trinajstić information content (AvgIpc) is 2.53. The maximum atomic E-state index is 12.4. The highest BCUT2D eigenvalue weighted by atomic mass is 16.1. The monoisotopic (exact) mass is 301 g/mol. The first kappa shape index (κ1) is 17.1. The number of benzene rings is 1. The fourth-order valence-corrected chi connectivity index (χ4v) is 3.24. The van der Waals surface area contributed by atoms with Crippen molar-refractivity contribution < 1.29 is 4.79 Å². The van der Waals surface area contributed by atoms with Crippen molar-refractivity contribution in [1.82, 2.24) is 5.32 Å². The Labute approximate surface area is 135 Å². The molecule has 1 N–H and O–H groups in total. The normalized spacial score (nSPS) is 18.1. The molecule has 2 nitrogen and oxygen atoms in total. The van der Waals surface area contributed by atoms with Crippen molar-refractivity contribution in [3.63, 3.8) is 0 Å². The first-order chi connectivity index (χ1) is 10.7. The van der Waals surface area contributed by atoms with Gasteiger partial charge in [-0.2, -0.15) is 0 Å². The Bertz CT molecular complexity index is 439. The molecule has 1 aliphatic rings. The summed E-state index contributed by atoms with van der Waals surface area (Å²) in [4.78, 5) is 12.4. The van der Waals surface area contributed by atoms with E-state index in [-0.39, 0.29) is 5.91 Å². The Morgan fingerprint density at radius 1 is 0.909 bits per heavy atom. The Morgan fingerprint density at radius 3 is 1.91 bits per heavy atom. The smallest absolute Gasteiger partial charge is 0.251 e. The van der Waals surface area contributed by atoms with E-state index in [1.165, 1.54) is 50.5 Å². The molecule has 0 spiro atoms. The van der Waals surface area contributed by atoms with E-state index >= 15 is 0 Å².